The molecule has 0 aliphatic rings. The number of aliphatic hydroxyl groups is 1. The van der Waals surface area contributed by atoms with Crippen LogP contribution in [0, 0.1) is 19.3 Å². The second-order valence-corrected chi connectivity index (χ2v) is 11.7. The number of carbonyl (C=O) groups is 1. The first kappa shape index (κ1) is 32.1. The van der Waals surface area contributed by atoms with Crippen molar-refractivity contribution >= 4 is 16.8 Å². The average molecular weight is 517 g/mol. The van der Waals surface area contributed by atoms with Gasteiger partial charge in [-0.25, -0.2) is 0 Å². The van der Waals surface area contributed by atoms with Crippen LogP contribution in [0.25, 0.3) is 0 Å². The number of hydrogen-bond acceptors (Lipinski definition) is 4. The van der Waals surface area contributed by atoms with E-state index < -0.39 is 33.7 Å². The van der Waals surface area contributed by atoms with Crippen LogP contribution >= 0.6 is 0 Å². The van der Waals surface area contributed by atoms with Crippen molar-refractivity contribution in [3.8, 4) is 12.3 Å². The maximum absolute atomic E-state index is 13.7. The van der Waals surface area contributed by atoms with E-state index in [9.17, 15) is 14.1 Å². The number of aliphatic hydroxyl groups excluding tert-OH is 1. The standard InChI is InChI=1S/C31H48O4S/c1-6-8-9-10-11-12-13-14-15-16-17-18-19-20-25-31(29(32)7-2,30(33)35-26(3)4)36(34)28-23-21-27(5)22-24-28/h2,14-15,21-24,26,29,32H,6,8-13,16-20,25H2,1,3-5H3/t29-,31?,36+/m1/s1. The number of esters is 1. The topological polar surface area (TPSA) is 63.6 Å². The molecule has 0 fully saturated rings. The third-order valence-corrected chi connectivity index (χ3v) is 8.37. The minimum Gasteiger partial charge on any atom is -0.462 e. The van der Waals surface area contributed by atoms with Crippen molar-refractivity contribution in [3.63, 3.8) is 0 Å². The van der Waals surface area contributed by atoms with Gasteiger partial charge in [0.1, 0.15) is 6.10 Å². The molecule has 0 saturated heterocycles. The lowest BCUT2D eigenvalue weighted by Crippen LogP contribution is -2.54. The molecule has 1 aromatic rings. The van der Waals surface area contributed by atoms with Crippen LogP contribution in [-0.2, 0) is 20.3 Å². The summed E-state index contributed by atoms with van der Waals surface area (Å²) < 4.78 is 17.5. The molecule has 1 rings (SSSR count). The SMILES string of the molecule is C#C[C@@H](O)C(CCCCCCC=CCCCCCCCC)(C(=O)OC(C)C)[S@@](=O)c1ccc(C)cc1. The van der Waals surface area contributed by atoms with Crippen LogP contribution in [0.15, 0.2) is 41.3 Å². The van der Waals surface area contributed by atoms with Gasteiger partial charge in [0.2, 0.25) is 0 Å². The predicted octanol–water partition coefficient (Wildman–Crippen LogP) is 7.43. The maximum Gasteiger partial charge on any atom is 0.329 e. The van der Waals surface area contributed by atoms with E-state index in [0.717, 1.165) is 37.7 Å². The Hall–Kier alpha value is -1.90. The molecule has 202 valence electrons. The lowest BCUT2D eigenvalue weighted by atomic mass is 9.94. The predicted molar refractivity (Wildman–Crippen MR) is 151 cm³/mol. The molecule has 0 aliphatic carbocycles. The normalized spacial score (nSPS) is 14.9. The van der Waals surface area contributed by atoms with Gasteiger partial charge < -0.3 is 9.84 Å². The van der Waals surface area contributed by atoms with E-state index in [-0.39, 0.29) is 6.42 Å². The summed E-state index contributed by atoms with van der Waals surface area (Å²) in [6, 6.07) is 7.13. The highest BCUT2D eigenvalue weighted by molar-refractivity contribution is 7.87. The fourth-order valence-electron chi connectivity index (χ4n) is 4.22. The molecule has 0 aliphatic heterocycles. The molecule has 36 heavy (non-hydrogen) atoms. The first-order valence-electron chi connectivity index (χ1n) is 13.8. The molecular weight excluding hydrogens is 468 g/mol. The average Bonchev–Trinajstić information content (AvgIpc) is 2.85. The van der Waals surface area contributed by atoms with Gasteiger partial charge in [0, 0.05) is 4.90 Å². The summed E-state index contributed by atoms with van der Waals surface area (Å²) in [4.78, 5) is 13.7. The highest BCUT2D eigenvalue weighted by Crippen LogP contribution is 2.33. The summed E-state index contributed by atoms with van der Waals surface area (Å²) in [6.45, 7) is 7.65. The molecule has 1 N–H and O–H groups in total. The van der Waals surface area contributed by atoms with E-state index in [1.54, 1.807) is 26.0 Å². The second kappa shape index (κ2) is 18.4. The first-order valence-corrected chi connectivity index (χ1v) is 14.9. The maximum atomic E-state index is 13.7. The van der Waals surface area contributed by atoms with Crippen molar-refractivity contribution in [3.05, 3.63) is 42.0 Å². The van der Waals surface area contributed by atoms with E-state index in [2.05, 4.69) is 25.0 Å². The summed E-state index contributed by atoms with van der Waals surface area (Å²) in [5.41, 5.74) is 1.02. The monoisotopic (exact) mass is 516 g/mol. The Bertz CT molecular complexity index is 837. The quantitative estimate of drug-likeness (QED) is 0.0898. The van der Waals surface area contributed by atoms with Crippen LogP contribution in [0.5, 0.6) is 0 Å². The van der Waals surface area contributed by atoms with E-state index in [4.69, 9.17) is 11.2 Å². The number of ether oxygens (including phenoxy) is 1. The zero-order valence-electron chi connectivity index (χ0n) is 23.0. The van der Waals surface area contributed by atoms with Crippen molar-refractivity contribution < 1.29 is 18.8 Å². The van der Waals surface area contributed by atoms with Crippen molar-refractivity contribution in [1.82, 2.24) is 0 Å². The molecule has 0 spiro atoms. The van der Waals surface area contributed by atoms with Gasteiger partial charge in [0.25, 0.3) is 0 Å². The molecule has 0 heterocycles. The molecular formula is C31H48O4S. The van der Waals surface area contributed by atoms with Gasteiger partial charge in [-0.05, 0) is 65.0 Å². The zero-order chi connectivity index (χ0) is 26.8. The summed E-state index contributed by atoms with van der Waals surface area (Å²) in [5, 5.41) is 10.8. The van der Waals surface area contributed by atoms with E-state index in [1.807, 2.05) is 19.1 Å². The smallest absolute Gasteiger partial charge is 0.329 e. The molecule has 0 bridgehead atoms. The van der Waals surface area contributed by atoms with Crippen molar-refractivity contribution in [2.75, 3.05) is 0 Å². The van der Waals surface area contributed by atoms with E-state index in [1.165, 1.54) is 38.5 Å². The number of terminal acetylenes is 1. The number of unbranched alkanes of at least 4 members (excludes halogenated alkanes) is 10. The Morgan fingerprint density at radius 1 is 1.00 bits per heavy atom. The Labute approximate surface area is 222 Å². The van der Waals surface area contributed by atoms with Gasteiger partial charge in [0.15, 0.2) is 4.75 Å². The van der Waals surface area contributed by atoms with Crippen molar-refractivity contribution in [1.29, 1.82) is 0 Å². The lowest BCUT2D eigenvalue weighted by Gasteiger charge is -2.33. The van der Waals surface area contributed by atoms with Crippen molar-refractivity contribution in [2.45, 2.75) is 133 Å². The minimum absolute atomic E-state index is 0.207. The number of aryl methyl sites for hydroxylation is 1. The second-order valence-electron chi connectivity index (χ2n) is 9.98. The number of rotatable bonds is 19. The van der Waals surface area contributed by atoms with E-state index >= 15 is 0 Å². The Kier molecular flexibility index (Phi) is 16.4. The Morgan fingerprint density at radius 3 is 2.06 bits per heavy atom. The molecule has 1 unspecified atom stereocenters. The largest absolute Gasteiger partial charge is 0.462 e. The Balaban J connectivity index is 2.66. The van der Waals surface area contributed by atoms with Crippen LogP contribution in [-0.4, -0.2) is 32.2 Å². The zero-order valence-corrected chi connectivity index (χ0v) is 23.8. The summed E-state index contributed by atoms with van der Waals surface area (Å²) >= 11 is 0. The van der Waals surface area contributed by atoms with Gasteiger partial charge in [-0.2, -0.15) is 0 Å². The number of carbonyl (C=O) groups excluding carboxylic acids is 1. The van der Waals surface area contributed by atoms with Gasteiger partial charge in [-0.15, -0.1) is 6.42 Å². The number of benzene rings is 1. The van der Waals surface area contributed by atoms with Gasteiger partial charge in [-0.1, -0.05) is 94.1 Å². The van der Waals surface area contributed by atoms with Crippen LogP contribution in [0.2, 0.25) is 0 Å². The summed E-state index contributed by atoms with van der Waals surface area (Å²) in [6.07, 6.45) is 22.1. The van der Waals surface area contributed by atoms with Crippen molar-refractivity contribution in [2.24, 2.45) is 0 Å². The fourth-order valence-corrected chi connectivity index (χ4v) is 5.83. The highest BCUT2D eigenvalue weighted by atomic mass is 32.2. The van der Waals surface area contributed by atoms with Gasteiger partial charge in [0.05, 0.1) is 16.9 Å². The minimum atomic E-state index is -1.86. The molecule has 0 amide bonds. The van der Waals surface area contributed by atoms with Gasteiger partial charge >= 0.3 is 5.97 Å². The van der Waals surface area contributed by atoms with Crippen LogP contribution in [0.4, 0.5) is 0 Å². The molecule has 1 aromatic carbocycles. The number of allylic oxidation sites excluding steroid dienone is 2. The highest BCUT2D eigenvalue weighted by Gasteiger charge is 2.52. The fraction of sp³-hybridized carbons (Fsp3) is 0.645. The third kappa shape index (κ3) is 11.0. The van der Waals surface area contributed by atoms with E-state index in [0.29, 0.717) is 11.3 Å². The number of hydrogen-bond donors (Lipinski definition) is 1. The lowest BCUT2D eigenvalue weighted by molar-refractivity contribution is -0.153. The van der Waals surface area contributed by atoms with Crippen LogP contribution in [0.1, 0.15) is 110 Å². The molecule has 3 atom stereocenters. The molecule has 5 heteroatoms. The molecule has 0 saturated carbocycles. The Morgan fingerprint density at radius 2 is 1.53 bits per heavy atom. The van der Waals surface area contributed by atoms with Gasteiger partial charge in [-0.3, -0.25) is 9.00 Å². The molecule has 0 aromatic heterocycles. The van der Waals surface area contributed by atoms with Crippen LogP contribution < -0.4 is 0 Å². The van der Waals surface area contributed by atoms with Crippen LogP contribution in [0.3, 0.4) is 0 Å². The summed E-state index contributed by atoms with van der Waals surface area (Å²) in [5.74, 6) is 1.58. The third-order valence-electron chi connectivity index (χ3n) is 6.41. The molecule has 0 radical (unpaired) electrons. The summed E-state index contributed by atoms with van der Waals surface area (Å²) in [7, 11) is -1.86. The molecule has 4 nitrogen and oxygen atoms in total. The first-order chi connectivity index (χ1) is 17.3.